The molecule has 2 atom stereocenters. The standard InChI is InChI=1S/C25H32N4O4/c1-2-8-28-24(30)20-14-21(20)25(31)29-23-13-17(5-9-27-23)16-3-4-22(18(12-16)15-26)33-19-6-10-32-11-7-19/h3-5,9,12-13,19-21H,2,6-8,10-11,14-15,26H2,1H3,(H,28,30)(H,27,29,31)/t20-,21-/m1/s1. The fourth-order valence-electron chi connectivity index (χ4n) is 4.06. The van der Waals surface area contributed by atoms with E-state index in [4.69, 9.17) is 15.2 Å². The predicted octanol–water partition coefficient (Wildman–Crippen LogP) is 2.87. The third-order valence-electron chi connectivity index (χ3n) is 6.10. The number of benzene rings is 1. The summed E-state index contributed by atoms with van der Waals surface area (Å²) in [6.07, 6.45) is 5.02. The molecular weight excluding hydrogens is 420 g/mol. The zero-order chi connectivity index (χ0) is 23.2. The minimum Gasteiger partial charge on any atom is -0.490 e. The number of nitrogens with zero attached hydrogens (tertiary/aromatic N) is 1. The largest absolute Gasteiger partial charge is 0.490 e. The van der Waals surface area contributed by atoms with Crippen molar-refractivity contribution in [1.82, 2.24) is 10.3 Å². The minimum absolute atomic E-state index is 0.0453. The van der Waals surface area contributed by atoms with Gasteiger partial charge in [0.25, 0.3) is 0 Å². The first-order valence-electron chi connectivity index (χ1n) is 11.7. The number of carbonyl (C=O) groups excluding carboxylic acids is 2. The summed E-state index contributed by atoms with van der Waals surface area (Å²) in [4.78, 5) is 28.9. The van der Waals surface area contributed by atoms with Crippen LogP contribution in [-0.4, -0.2) is 42.7 Å². The first-order valence-corrected chi connectivity index (χ1v) is 11.7. The molecule has 4 rings (SSSR count). The number of carbonyl (C=O) groups is 2. The van der Waals surface area contributed by atoms with E-state index in [1.807, 2.05) is 37.3 Å². The lowest BCUT2D eigenvalue weighted by atomic mass is 10.0. The van der Waals surface area contributed by atoms with Gasteiger partial charge in [-0.25, -0.2) is 4.98 Å². The van der Waals surface area contributed by atoms with Crippen LogP contribution in [0.3, 0.4) is 0 Å². The van der Waals surface area contributed by atoms with Crippen LogP contribution in [0.5, 0.6) is 5.75 Å². The maximum Gasteiger partial charge on any atom is 0.229 e. The lowest BCUT2D eigenvalue weighted by Crippen LogP contribution is -2.28. The van der Waals surface area contributed by atoms with E-state index in [9.17, 15) is 9.59 Å². The second-order valence-electron chi connectivity index (χ2n) is 8.61. The molecule has 0 bridgehead atoms. The highest BCUT2D eigenvalue weighted by Gasteiger charge is 2.47. The van der Waals surface area contributed by atoms with Gasteiger partial charge in [-0.1, -0.05) is 13.0 Å². The van der Waals surface area contributed by atoms with Gasteiger partial charge in [-0.05, 0) is 48.2 Å². The van der Waals surface area contributed by atoms with Gasteiger partial charge < -0.3 is 25.8 Å². The first kappa shape index (κ1) is 23.2. The van der Waals surface area contributed by atoms with Crippen molar-refractivity contribution >= 4 is 17.6 Å². The van der Waals surface area contributed by atoms with Crippen molar-refractivity contribution in [2.75, 3.05) is 25.1 Å². The van der Waals surface area contributed by atoms with E-state index in [1.54, 1.807) is 6.20 Å². The summed E-state index contributed by atoms with van der Waals surface area (Å²) in [7, 11) is 0. The third kappa shape index (κ3) is 5.89. The van der Waals surface area contributed by atoms with E-state index in [2.05, 4.69) is 15.6 Å². The van der Waals surface area contributed by atoms with Crippen molar-refractivity contribution < 1.29 is 19.1 Å². The van der Waals surface area contributed by atoms with Crippen LogP contribution in [0.15, 0.2) is 36.5 Å². The number of amides is 2. The average molecular weight is 453 g/mol. The summed E-state index contributed by atoms with van der Waals surface area (Å²) in [6.45, 7) is 4.44. The number of ether oxygens (including phenoxy) is 2. The lowest BCUT2D eigenvalue weighted by Gasteiger charge is -2.24. The summed E-state index contributed by atoms with van der Waals surface area (Å²) in [5.41, 5.74) is 8.82. The number of nitrogens with two attached hydrogens (primary N) is 1. The molecule has 8 heteroatoms. The van der Waals surface area contributed by atoms with E-state index in [0.29, 0.717) is 25.3 Å². The molecule has 1 aromatic carbocycles. The van der Waals surface area contributed by atoms with Gasteiger partial charge in [0.15, 0.2) is 0 Å². The summed E-state index contributed by atoms with van der Waals surface area (Å²) < 4.78 is 11.6. The van der Waals surface area contributed by atoms with Gasteiger partial charge in [0.1, 0.15) is 17.7 Å². The second kappa shape index (κ2) is 10.8. The smallest absolute Gasteiger partial charge is 0.229 e. The number of aromatic nitrogens is 1. The average Bonchev–Trinajstić information content (AvgIpc) is 3.65. The highest BCUT2D eigenvalue weighted by molar-refractivity contribution is 5.99. The van der Waals surface area contributed by atoms with Gasteiger partial charge in [-0.15, -0.1) is 0 Å². The zero-order valence-corrected chi connectivity index (χ0v) is 19.0. The summed E-state index contributed by atoms with van der Waals surface area (Å²) >= 11 is 0. The third-order valence-corrected chi connectivity index (χ3v) is 6.10. The van der Waals surface area contributed by atoms with E-state index in [0.717, 1.165) is 54.9 Å². The van der Waals surface area contributed by atoms with Crippen molar-refractivity contribution in [3.8, 4) is 16.9 Å². The second-order valence-corrected chi connectivity index (χ2v) is 8.61. The van der Waals surface area contributed by atoms with Gasteiger partial charge in [0, 0.05) is 37.7 Å². The molecule has 1 saturated heterocycles. The van der Waals surface area contributed by atoms with E-state index in [1.165, 1.54) is 0 Å². The van der Waals surface area contributed by atoms with Crippen LogP contribution in [0.4, 0.5) is 5.82 Å². The summed E-state index contributed by atoms with van der Waals surface area (Å²) in [5.74, 6) is 0.522. The van der Waals surface area contributed by atoms with Crippen LogP contribution in [0.1, 0.15) is 38.2 Å². The Morgan fingerprint density at radius 3 is 2.64 bits per heavy atom. The van der Waals surface area contributed by atoms with Crippen molar-refractivity contribution in [2.24, 2.45) is 17.6 Å². The normalized spacial score (nSPS) is 20.2. The molecule has 0 spiro atoms. The van der Waals surface area contributed by atoms with Gasteiger partial charge in [0.2, 0.25) is 11.8 Å². The molecular formula is C25H32N4O4. The molecule has 1 saturated carbocycles. The van der Waals surface area contributed by atoms with Crippen molar-refractivity contribution in [2.45, 2.75) is 45.3 Å². The fourth-order valence-corrected chi connectivity index (χ4v) is 4.06. The molecule has 2 fully saturated rings. The quantitative estimate of drug-likeness (QED) is 0.539. The number of anilines is 1. The number of hydrogen-bond donors (Lipinski definition) is 3. The molecule has 1 aromatic heterocycles. The number of rotatable bonds is 9. The molecule has 33 heavy (non-hydrogen) atoms. The van der Waals surface area contributed by atoms with Gasteiger partial charge in [-0.2, -0.15) is 0 Å². The molecule has 4 N–H and O–H groups in total. The Balaban J connectivity index is 1.41. The lowest BCUT2D eigenvalue weighted by molar-refractivity contribution is -0.125. The maximum absolute atomic E-state index is 12.6. The minimum atomic E-state index is -0.294. The highest BCUT2D eigenvalue weighted by atomic mass is 16.5. The number of pyridine rings is 1. The van der Waals surface area contributed by atoms with Crippen LogP contribution in [-0.2, 0) is 20.9 Å². The van der Waals surface area contributed by atoms with Gasteiger partial charge in [-0.3, -0.25) is 9.59 Å². The number of hydrogen-bond acceptors (Lipinski definition) is 6. The topological polar surface area (TPSA) is 116 Å². The molecule has 1 aliphatic carbocycles. The molecule has 2 aromatic rings. The zero-order valence-electron chi connectivity index (χ0n) is 19.0. The van der Waals surface area contributed by atoms with Crippen molar-refractivity contribution in [1.29, 1.82) is 0 Å². The van der Waals surface area contributed by atoms with Crippen LogP contribution in [0.25, 0.3) is 11.1 Å². The Hall–Kier alpha value is -2.97. The molecule has 176 valence electrons. The summed E-state index contributed by atoms with van der Waals surface area (Å²) in [5, 5.41) is 5.71. The van der Waals surface area contributed by atoms with E-state index < -0.39 is 0 Å². The predicted molar refractivity (Wildman–Crippen MR) is 126 cm³/mol. The Morgan fingerprint density at radius 1 is 1.12 bits per heavy atom. The highest BCUT2D eigenvalue weighted by Crippen LogP contribution is 2.39. The Bertz CT molecular complexity index is 990. The SMILES string of the molecule is CCCNC(=O)[C@@H]1C[C@H]1C(=O)Nc1cc(-c2ccc(OC3CCOCC3)c(CN)c2)ccn1. The Morgan fingerprint density at radius 2 is 1.88 bits per heavy atom. The molecule has 2 amide bonds. The van der Waals surface area contributed by atoms with E-state index >= 15 is 0 Å². The summed E-state index contributed by atoms with van der Waals surface area (Å²) in [6, 6.07) is 9.69. The van der Waals surface area contributed by atoms with Crippen molar-refractivity contribution in [3.05, 3.63) is 42.1 Å². The van der Waals surface area contributed by atoms with E-state index in [-0.39, 0.29) is 29.8 Å². The fraction of sp³-hybridized carbons (Fsp3) is 0.480. The first-order chi connectivity index (χ1) is 16.1. The Labute approximate surface area is 194 Å². The monoisotopic (exact) mass is 452 g/mol. The van der Waals surface area contributed by atoms with Gasteiger partial charge in [0.05, 0.1) is 25.0 Å². The van der Waals surface area contributed by atoms with Crippen LogP contribution in [0, 0.1) is 11.8 Å². The van der Waals surface area contributed by atoms with Crippen LogP contribution >= 0.6 is 0 Å². The molecule has 2 heterocycles. The molecule has 0 radical (unpaired) electrons. The molecule has 1 aliphatic heterocycles. The van der Waals surface area contributed by atoms with Crippen LogP contribution in [0.2, 0.25) is 0 Å². The molecule has 8 nitrogen and oxygen atoms in total. The maximum atomic E-state index is 12.6. The van der Waals surface area contributed by atoms with Crippen molar-refractivity contribution in [3.63, 3.8) is 0 Å². The number of nitrogens with one attached hydrogen (secondary N) is 2. The van der Waals surface area contributed by atoms with Crippen LogP contribution < -0.4 is 21.1 Å². The Kier molecular flexibility index (Phi) is 7.57. The molecule has 2 aliphatic rings. The van der Waals surface area contributed by atoms with Gasteiger partial charge >= 0.3 is 0 Å². The molecule has 0 unspecified atom stereocenters.